The Bertz CT molecular complexity index is 666. The van der Waals surface area contributed by atoms with E-state index in [4.69, 9.17) is 4.74 Å². The molecular formula is C21H25NO3S. The molecule has 4 nitrogen and oxygen atoms in total. The van der Waals surface area contributed by atoms with Crippen LogP contribution in [0.15, 0.2) is 60.7 Å². The number of rotatable bonds is 8. The monoisotopic (exact) mass is 371 g/mol. The Morgan fingerprint density at radius 2 is 1.50 bits per heavy atom. The normalized spacial score (nSPS) is 13.1. The van der Waals surface area contributed by atoms with Gasteiger partial charge < -0.3 is 10.1 Å². The second kappa shape index (κ2) is 10.0. The molecule has 2 rings (SSSR count). The maximum atomic E-state index is 13.1. The van der Waals surface area contributed by atoms with Gasteiger partial charge in [0.05, 0.1) is 13.0 Å². The molecule has 1 N–H and O–H groups in total. The van der Waals surface area contributed by atoms with Crippen molar-refractivity contribution in [1.82, 2.24) is 5.32 Å². The van der Waals surface area contributed by atoms with Crippen molar-refractivity contribution in [3.05, 3.63) is 71.8 Å². The highest BCUT2D eigenvalue weighted by molar-refractivity contribution is 7.80. The van der Waals surface area contributed by atoms with Crippen molar-refractivity contribution in [2.45, 2.75) is 37.0 Å². The van der Waals surface area contributed by atoms with Gasteiger partial charge in [0.25, 0.3) is 0 Å². The van der Waals surface area contributed by atoms with Gasteiger partial charge in [0.2, 0.25) is 5.91 Å². The summed E-state index contributed by atoms with van der Waals surface area (Å²) in [6.07, 6.45) is 1.22. The van der Waals surface area contributed by atoms with Gasteiger partial charge in [-0.05, 0) is 24.0 Å². The van der Waals surface area contributed by atoms with Crippen LogP contribution in [0.3, 0.4) is 0 Å². The molecule has 26 heavy (non-hydrogen) atoms. The summed E-state index contributed by atoms with van der Waals surface area (Å²) in [4.78, 5) is 25.2. The Morgan fingerprint density at radius 3 is 1.92 bits per heavy atom. The van der Waals surface area contributed by atoms with Crippen molar-refractivity contribution < 1.29 is 14.3 Å². The maximum absolute atomic E-state index is 13.1. The summed E-state index contributed by atoms with van der Waals surface area (Å²) in [6, 6.07) is 18.4. The fourth-order valence-corrected chi connectivity index (χ4v) is 3.05. The third-order valence-electron chi connectivity index (χ3n) is 4.31. The third-order valence-corrected chi connectivity index (χ3v) is 4.89. The molecule has 0 spiro atoms. The van der Waals surface area contributed by atoms with Gasteiger partial charge >= 0.3 is 5.97 Å². The van der Waals surface area contributed by atoms with Crippen molar-refractivity contribution in [3.63, 3.8) is 0 Å². The van der Waals surface area contributed by atoms with Gasteiger partial charge in [-0.15, -0.1) is 0 Å². The molecule has 0 fully saturated rings. The van der Waals surface area contributed by atoms with Crippen molar-refractivity contribution in [2.75, 3.05) is 7.11 Å². The van der Waals surface area contributed by atoms with Crippen LogP contribution in [0.5, 0.6) is 0 Å². The Kier molecular flexibility index (Phi) is 7.73. The number of carbonyl (C=O) groups excluding carboxylic acids is 2. The molecule has 0 bridgehead atoms. The molecule has 0 aliphatic rings. The minimum absolute atomic E-state index is 0.00583. The topological polar surface area (TPSA) is 55.4 Å². The SMILES string of the molecule is CC[C@@H](S)C[C@H](NC(=O)C(c1ccccc1)c1ccccc1)C(=O)OC. The zero-order valence-corrected chi connectivity index (χ0v) is 16.0. The predicted molar refractivity (Wildman–Crippen MR) is 106 cm³/mol. The number of hydrogen-bond donors (Lipinski definition) is 2. The molecule has 0 aliphatic heterocycles. The Labute approximate surface area is 160 Å². The number of esters is 1. The van der Waals surface area contributed by atoms with E-state index in [2.05, 4.69) is 17.9 Å². The van der Waals surface area contributed by atoms with Crippen LogP contribution in [-0.4, -0.2) is 30.3 Å². The number of amides is 1. The summed E-state index contributed by atoms with van der Waals surface area (Å²) in [6.45, 7) is 1.99. The number of hydrogen-bond acceptors (Lipinski definition) is 4. The summed E-state index contributed by atoms with van der Waals surface area (Å²) in [5.74, 6) is -1.18. The van der Waals surface area contributed by atoms with E-state index < -0.39 is 17.9 Å². The average molecular weight is 372 g/mol. The number of benzene rings is 2. The van der Waals surface area contributed by atoms with Gasteiger partial charge in [-0.2, -0.15) is 12.6 Å². The van der Waals surface area contributed by atoms with E-state index in [1.54, 1.807) is 0 Å². The fourth-order valence-electron chi connectivity index (χ4n) is 2.84. The Morgan fingerprint density at radius 1 is 1.00 bits per heavy atom. The number of carbonyl (C=O) groups is 2. The van der Waals surface area contributed by atoms with Gasteiger partial charge in [0, 0.05) is 5.25 Å². The van der Waals surface area contributed by atoms with Crippen molar-refractivity contribution >= 4 is 24.5 Å². The number of methoxy groups -OCH3 is 1. The lowest BCUT2D eigenvalue weighted by Crippen LogP contribution is -2.45. The Balaban J connectivity index is 2.29. The summed E-state index contributed by atoms with van der Waals surface area (Å²) in [5, 5.41) is 2.87. The van der Waals surface area contributed by atoms with Crippen LogP contribution in [0.2, 0.25) is 0 Å². The van der Waals surface area contributed by atoms with Gasteiger partial charge in [-0.25, -0.2) is 4.79 Å². The minimum Gasteiger partial charge on any atom is -0.467 e. The van der Waals surface area contributed by atoms with Crippen LogP contribution in [-0.2, 0) is 14.3 Å². The van der Waals surface area contributed by atoms with Gasteiger partial charge in [0.15, 0.2) is 0 Å². The first-order valence-corrected chi connectivity index (χ1v) is 9.24. The predicted octanol–water partition coefficient (Wildman–Crippen LogP) is 3.57. The van der Waals surface area contributed by atoms with Crippen LogP contribution >= 0.6 is 12.6 Å². The van der Waals surface area contributed by atoms with Gasteiger partial charge in [-0.3, -0.25) is 4.79 Å². The molecule has 5 heteroatoms. The molecule has 138 valence electrons. The lowest BCUT2D eigenvalue weighted by atomic mass is 9.90. The molecule has 2 aromatic carbocycles. The second-order valence-corrected chi connectivity index (χ2v) is 6.87. The van der Waals surface area contributed by atoms with Crippen LogP contribution in [0.25, 0.3) is 0 Å². The van der Waals surface area contributed by atoms with Crippen LogP contribution in [0.1, 0.15) is 36.8 Å². The molecule has 2 aromatic rings. The fraction of sp³-hybridized carbons (Fsp3) is 0.333. The van der Waals surface area contributed by atoms with Crippen LogP contribution < -0.4 is 5.32 Å². The summed E-state index contributed by atoms with van der Waals surface area (Å²) >= 11 is 4.46. The smallest absolute Gasteiger partial charge is 0.328 e. The first-order chi connectivity index (χ1) is 12.6. The molecule has 0 aliphatic carbocycles. The van der Waals surface area contributed by atoms with Crippen LogP contribution in [0.4, 0.5) is 0 Å². The first kappa shape index (κ1) is 20.0. The number of thiol groups is 1. The largest absolute Gasteiger partial charge is 0.467 e. The minimum atomic E-state index is -0.718. The maximum Gasteiger partial charge on any atom is 0.328 e. The lowest BCUT2D eigenvalue weighted by molar-refractivity contribution is -0.145. The molecule has 0 heterocycles. The van der Waals surface area contributed by atoms with E-state index in [-0.39, 0.29) is 11.2 Å². The molecule has 0 saturated heterocycles. The first-order valence-electron chi connectivity index (χ1n) is 8.73. The molecular weight excluding hydrogens is 346 g/mol. The lowest BCUT2D eigenvalue weighted by Gasteiger charge is -2.23. The zero-order valence-electron chi connectivity index (χ0n) is 15.1. The molecule has 2 atom stereocenters. The summed E-state index contributed by atoms with van der Waals surface area (Å²) < 4.78 is 4.86. The number of ether oxygens (including phenoxy) is 1. The highest BCUT2D eigenvalue weighted by Crippen LogP contribution is 2.25. The second-order valence-electron chi connectivity index (χ2n) is 6.14. The molecule has 0 unspecified atom stereocenters. The molecule has 1 amide bonds. The standard InChI is InChI=1S/C21H25NO3S/c1-3-17(26)14-18(21(24)25-2)22-20(23)19(15-10-6-4-7-11-15)16-12-8-5-9-13-16/h4-13,17-19,26H,3,14H2,1-2H3,(H,22,23)/t17-,18+/m1/s1. The highest BCUT2D eigenvalue weighted by Gasteiger charge is 2.29. The van der Waals surface area contributed by atoms with E-state index in [1.807, 2.05) is 67.6 Å². The average Bonchev–Trinajstić information content (AvgIpc) is 2.68. The van der Waals surface area contributed by atoms with Crippen molar-refractivity contribution in [1.29, 1.82) is 0 Å². The van der Waals surface area contributed by atoms with Crippen molar-refractivity contribution in [2.24, 2.45) is 0 Å². The van der Waals surface area contributed by atoms with Crippen molar-refractivity contribution in [3.8, 4) is 0 Å². The molecule has 0 aromatic heterocycles. The van der Waals surface area contributed by atoms with E-state index in [9.17, 15) is 9.59 Å². The zero-order chi connectivity index (χ0) is 18.9. The quantitative estimate of drug-likeness (QED) is 0.551. The van der Waals surface area contributed by atoms with E-state index in [0.717, 1.165) is 17.5 Å². The summed E-state index contributed by atoms with van der Waals surface area (Å²) in [5.41, 5.74) is 1.75. The Hall–Kier alpha value is -2.27. The van der Waals surface area contributed by atoms with Crippen LogP contribution in [0, 0.1) is 0 Å². The third kappa shape index (κ3) is 5.36. The highest BCUT2D eigenvalue weighted by atomic mass is 32.1. The van der Waals surface area contributed by atoms with Gasteiger partial charge in [0.1, 0.15) is 6.04 Å². The van der Waals surface area contributed by atoms with E-state index >= 15 is 0 Å². The molecule has 0 radical (unpaired) electrons. The van der Waals surface area contributed by atoms with E-state index in [1.165, 1.54) is 7.11 Å². The molecule has 0 saturated carbocycles. The van der Waals surface area contributed by atoms with E-state index in [0.29, 0.717) is 6.42 Å². The number of nitrogens with one attached hydrogen (secondary N) is 1. The summed E-state index contributed by atoms with van der Waals surface area (Å²) in [7, 11) is 1.33. The van der Waals surface area contributed by atoms with Gasteiger partial charge in [-0.1, -0.05) is 67.6 Å².